The highest BCUT2D eigenvalue weighted by molar-refractivity contribution is 5.15. The molecule has 0 aliphatic carbocycles. The Balaban J connectivity index is 0. The van der Waals surface area contributed by atoms with Crippen LogP contribution in [0.4, 0.5) is 0 Å². The van der Waals surface area contributed by atoms with Gasteiger partial charge in [0.25, 0.3) is 0 Å². The Labute approximate surface area is 147 Å². The Morgan fingerprint density at radius 1 is 1.04 bits per heavy atom. The summed E-state index contributed by atoms with van der Waals surface area (Å²) in [5.41, 5.74) is 2.71. The molecule has 138 valence electrons. The van der Waals surface area contributed by atoms with Crippen molar-refractivity contribution < 1.29 is 0 Å². The van der Waals surface area contributed by atoms with Gasteiger partial charge in [-0.25, -0.2) is 0 Å². The average Bonchev–Trinajstić information content (AvgIpc) is 2.94. The minimum Gasteiger partial charge on any atom is -0.269 e. The normalized spacial score (nSPS) is 15.6. The van der Waals surface area contributed by atoms with Gasteiger partial charge >= 0.3 is 0 Å². The van der Waals surface area contributed by atoms with E-state index in [-0.39, 0.29) is 0 Å². The van der Waals surface area contributed by atoms with Gasteiger partial charge in [-0.2, -0.15) is 5.10 Å². The van der Waals surface area contributed by atoms with Crippen LogP contribution in [0.15, 0.2) is 6.07 Å². The fourth-order valence-electron chi connectivity index (χ4n) is 2.35. The number of nitrogens with zero attached hydrogens (tertiary/aromatic N) is 2. The van der Waals surface area contributed by atoms with Crippen molar-refractivity contribution >= 4 is 0 Å². The van der Waals surface area contributed by atoms with Gasteiger partial charge in [0.15, 0.2) is 0 Å². The first-order valence-corrected chi connectivity index (χ1v) is 9.97. The predicted octanol–water partition coefficient (Wildman–Crippen LogP) is 7.08. The van der Waals surface area contributed by atoms with Gasteiger partial charge in [0, 0.05) is 12.2 Å². The van der Waals surface area contributed by atoms with Gasteiger partial charge in [0.1, 0.15) is 0 Å². The molecule has 23 heavy (non-hydrogen) atoms. The molecule has 2 nitrogen and oxygen atoms in total. The molecule has 2 heterocycles. The lowest BCUT2D eigenvalue weighted by Crippen LogP contribution is -2.23. The SMILES string of the molecule is CC.CC(C)c1cc2n(n1)CCC(C(C)C)C2.CCC.CCC. The molecule has 2 heteroatoms. The van der Waals surface area contributed by atoms with Crippen molar-refractivity contribution in [2.24, 2.45) is 11.8 Å². The second-order valence-electron chi connectivity index (χ2n) is 6.85. The van der Waals surface area contributed by atoms with Crippen LogP contribution >= 0.6 is 0 Å². The molecule has 0 bridgehead atoms. The minimum absolute atomic E-state index is 0.556. The highest BCUT2D eigenvalue weighted by atomic mass is 15.3. The predicted molar refractivity (Wildman–Crippen MR) is 106 cm³/mol. The first-order valence-electron chi connectivity index (χ1n) is 9.97. The maximum absolute atomic E-state index is 4.66. The van der Waals surface area contributed by atoms with E-state index in [1.165, 1.54) is 37.1 Å². The summed E-state index contributed by atoms with van der Waals surface area (Å²) in [5.74, 6) is 2.21. The summed E-state index contributed by atoms with van der Waals surface area (Å²) in [5, 5.41) is 4.66. The largest absolute Gasteiger partial charge is 0.269 e. The summed E-state index contributed by atoms with van der Waals surface area (Å²) in [7, 11) is 0. The molecule has 1 unspecified atom stereocenters. The van der Waals surface area contributed by atoms with Crippen LogP contribution in [0.25, 0.3) is 0 Å². The number of aromatic nitrogens is 2. The third-order valence-corrected chi connectivity index (χ3v) is 3.60. The topological polar surface area (TPSA) is 17.8 Å². The molecule has 0 aromatic carbocycles. The molecule has 0 N–H and O–H groups in total. The lowest BCUT2D eigenvalue weighted by Gasteiger charge is -2.26. The van der Waals surface area contributed by atoms with Crippen molar-refractivity contribution in [2.75, 3.05) is 0 Å². The zero-order valence-corrected chi connectivity index (χ0v) is 17.7. The van der Waals surface area contributed by atoms with Gasteiger partial charge in [0.2, 0.25) is 0 Å². The quantitative estimate of drug-likeness (QED) is 0.568. The van der Waals surface area contributed by atoms with E-state index in [0.717, 1.165) is 18.4 Å². The number of hydrogen-bond donors (Lipinski definition) is 0. The van der Waals surface area contributed by atoms with E-state index in [1.807, 2.05) is 13.8 Å². The van der Waals surface area contributed by atoms with Crippen molar-refractivity contribution in [3.05, 3.63) is 17.5 Å². The second-order valence-corrected chi connectivity index (χ2v) is 6.85. The van der Waals surface area contributed by atoms with E-state index >= 15 is 0 Å². The van der Waals surface area contributed by atoms with E-state index in [4.69, 9.17) is 0 Å². The fraction of sp³-hybridized carbons (Fsp3) is 0.857. The highest BCUT2D eigenvalue weighted by Gasteiger charge is 2.23. The first kappa shape index (κ1) is 24.5. The zero-order chi connectivity index (χ0) is 18.4. The van der Waals surface area contributed by atoms with Crippen molar-refractivity contribution in [3.8, 4) is 0 Å². The van der Waals surface area contributed by atoms with Crippen molar-refractivity contribution in [1.82, 2.24) is 9.78 Å². The third kappa shape index (κ3) is 9.84. The van der Waals surface area contributed by atoms with Crippen molar-refractivity contribution in [1.29, 1.82) is 0 Å². The standard InChI is InChI=1S/C13H22N2.2C3H8.C2H6/c1-9(2)11-5-6-15-12(7-11)8-13(14-15)10(3)4;2*1-3-2;1-2/h8-11H,5-7H2,1-4H3;2*3H2,1-2H3;1-2H3. The first-order chi connectivity index (χ1) is 10.9. The summed E-state index contributed by atoms with van der Waals surface area (Å²) in [6, 6.07) is 2.30. The van der Waals surface area contributed by atoms with Crippen LogP contribution in [0, 0.1) is 11.8 Å². The fourth-order valence-corrected chi connectivity index (χ4v) is 2.35. The van der Waals surface area contributed by atoms with E-state index in [1.54, 1.807) is 0 Å². The monoisotopic (exact) mass is 324 g/mol. The summed E-state index contributed by atoms with van der Waals surface area (Å²) in [6.07, 6.45) is 5.02. The van der Waals surface area contributed by atoms with Crippen LogP contribution in [0.3, 0.4) is 0 Å². The number of fused-ring (bicyclic) bond motifs is 1. The van der Waals surface area contributed by atoms with Crippen LogP contribution in [-0.2, 0) is 13.0 Å². The lowest BCUT2D eigenvalue weighted by atomic mass is 9.86. The van der Waals surface area contributed by atoms with Gasteiger partial charge in [-0.3, -0.25) is 4.68 Å². The molecule has 0 spiro atoms. The second kappa shape index (κ2) is 14.8. The minimum atomic E-state index is 0.556. The van der Waals surface area contributed by atoms with Gasteiger partial charge in [-0.05, 0) is 36.7 Å². The molecule has 0 saturated carbocycles. The van der Waals surface area contributed by atoms with E-state index in [0.29, 0.717) is 5.92 Å². The molecule has 1 aliphatic heterocycles. The van der Waals surface area contributed by atoms with Gasteiger partial charge in [-0.1, -0.05) is 82.1 Å². The Kier molecular flexibility index (Phi) is 15.7. The average molecular weight is 325 g/mol. The van der Waals surface area contributed by atoms with E-state index in [2.05, 4.69) is 71.2 Å². The van der Waals surface area contributed by atoms with E-state index < -0.39 is 0 Å². The molecule has 0 radical (unpaired) electrons. The van der Waals surface area contributed by atoms with Crippen LogP contribution in [-0.4, -0.2) is 9.78 Å². The van der Waals surface area contributed by atoms with Crippen LogP contribution in [0.1, 0.15) is 106 Å². The molecule has 1 aliphatic rings. The van der Waals surface area contributed by atoms with Crippen LogP contribution in [0.5, 0.6) is 0 Å². The maximum atomic E-state index is 4.66. The molecule has 0 fully saturated rings. The van der Waals surface area contributed by atoms with Crippen LogP contribution < -0.4 is 0 Å². The zero-order valence-electron chi connectivity index (χ0n) is 17.7. The summed E-state index contributed by atoms with van der Waals surface area (Å²) in [4.78, 5) is 0. The molecule has 0 amide bonds. The van der Waals surface area contributed by atoms with Crippen LogP contribution in [0.2, 0.25) is 0 Å². The molecule has 1 aromatic heterocycles. The molecule has 0 saturated heterocycles. The van der Waals surface area contributed by atoms with Gasteiger partial charge in [-0.15, -0.1) is 0 Å². The maximum Gasteiger partial charge on any atom is 0.0652 e. The summed E-state index contributed by atoms with van der Waals surface area (Å²) >= 11 is 0. The lowest BCUT2D eigenvalue weighted by molar-refractivity contribution is 0.291. The Morgan fingerprint density at radius 3 is 1.91 bits per heavy atom. The summed E-state index contributed by atoms with van der Waals surface area (Å²) in [6.45, 7) is 22.7. The Morgan fingerprint density at radius 2 is 1.52 bits per heavy atom. The third-order valence-electron chi connectivity index (χ3n) is 3.60. The molecular weight excluding hydrogens is 280 g/mol. The van der Waals surface area contributed by atoms with Crippen molar-refractivity contribution in [3.63, 3.8) is 0 Å². The van der Waals surface area contributed by atoms with E-state index in [9.17, 15) is 0 Å². The number of hydrogen-bond acceptors (Lipinski definition) is 1. The molecule has 1 atom stereocenters. The smallest absolute Gasteiger partial charge is 0.0652 e. The Hall–Kier alpha value is -0.790. The Bertz CT molecular complexity index is 362. The highest BCUT2D eigenvalue weighted by Crippen LogP contribution is 2.27. The number of rotatable bonds is 2. The van der Waals surface area contributed by atoms with Gasteiger partial charge in [0.05, 0.1) is 5.69 Å². The van der Waals surface area contributed by atoms with Gasteiger partial charge < -0.3 is 0 Å². The molecule has 2 rings (SSSR count). The van der Waals surface area contributed by atoms with Crippen molar-refractivity contribution in [2.45, 2.75) is 107 Å². The number of aryl methyl sites for hydroxylation is 1. The molecule has 1 aromatic rings. The summed E-state index contributed by atoms with van der Waals surface area (Å²) < 4.78 is 2.22. The molecular formula is C21H44N2.